The number of aromatic nitrogens is 1. The first-order chi connectivity index (χ1) is 11.1. The maximum atomic E-state index is 11.4. The first-order valence-electron chi connectivity index (χ1n) is 7.63. The van der Waals surface area contributed by atoms with Gasteiger partial charge in [-0.05, 0) is 36.8 Å². The molecule has 122 valence electrons. The van der Waals surface area contributed by atoms with E-state index in [1.165, 1.54) is 0 Å². The number of nitrogens with zero attached hydrogens (tertiary/aromatic N) is 3. The molecule has 0 aliphatic carbocycles. The van der Waals surface area contributed by atoms with Crippen LogP contribution in [0.4, 0.5) is 11.5 Å². The van der Waals surface area contributed by atoms with Crippen molar-refractivity contribution in [3.05, 3.63) is 50.3 Å². The van der Waals surface area contributed by atoms with E-state index in [0.29, 0.717) is 18.9 Å². The van der Waals surface area contributed by atoms with Gasteiger partial charge >= 0.3 is 5.69 Å². The molecular weight excluding hydrogens is 314 g/mol. The summed E-state index contributed by atoms with van der Waals surface area (Å²) < 4.78 is 5.71. The van der Waals surface area contributed by atoms with Crippen LogP contribution in [0.15, 0.2) is 29.8 Å². The van der Waals surface area contributed by atoms with Gasteiger partial charge in [0.1, 0.15) is 0 Å². The molecule has 1 atom stereocenters. The van der Waals surface area contributed by atoms with Crippen LogP contribution >= 0.6 is 11.3 Å². The molecule has 0 bridgehead atoms. The van der Waals surface area contributed by atoms with Crippen LogP contribution in [0.2, 0.25) is 0 Å². The van der Waals surface area contributed by atoms with Gasteiger partial charge in [-0.2, -0.15) is 0 Å². The fourth-order valence-electron chi connectivity index (χ4n) is 2.78. The number of rotatable bonds is 6. The number of hydrogen-bond donors (Lipinski definition) is 0. The SMILES string of the molecule is Cc1cnc(N(Cc2cccs2)CC2CCCO2)c([N+](=O)[O-])c1. The van der Waals surface area contributed by atoms with Crippen LogP contribution in [0, 0.1) is 17.0 Å². The van der Waals surface area contributed by atoms with Gasteiger partial charge in [0, 0.05) is 30.3 Å². The molecule has 0 saturated carbocycles. The summed E-state index contributed by atoms with van der Waals surface area (Å²) >= 11 is 1.64. The van der Waals surface area contributed by atoms with Crippen molar-refractivity contribution in [1.82, 2.24) is 4.98 Å². The summed E-state index contributed by atoms with van der Waals surface area (Å²) in [6.07, 6.45) is 3.82. The highest BCUT2D eigenvalue weighted by atomic mass is 32.1. The zero-order valence-electron chi connectivity index (χ0n) is 13.0. The molecule has 0 radical (unpaired) electrons. The van der Waals surface area contributed by atoms with E-state index in [9.17, 15) is 10.1 Å². The third-order valence-electron chi connectivity index (χ3n) is 3.86. The van der Waals surface area contributed by atoms with Crippen LogP contribution < -0.4 is 4.90 Å². The second kappa shape index (κ2) is 7.06. The lowest BCUT2D eigenvalue weighted by molar-refractivity contribution is -0.384. The molecule has 0 amide bonds. The molecule has 1 saturated heterocycles. The van der Waals surface area contributed by atoms with Crippen LogP contribution in [0.1, 0.15) is 23.3 Å². The molecule has 0 N–H and O–H groups in total. The molecule has 23 heavy (non-hydrogen) atoms. The molecule has 3 heterocycles. The molecule has 2 aromatic heterocycles. The molecule has 0 spiro atoms. The Morgan fingerprint density at radius 3 is 3.09 bits per heavy atom. The highest BCUT2D eigenvalue weighted by molar-refractivity contribution is 7.09. The van der Waals surface area contributed by atoms with Gasteiger partial charge in [0.25, 0.3) is 0 Å². The summed E-state index contributed by atoms with van der Waals surface area (Å²) in [5, 5.41) is 13.4. The normalized spacial score (nSPS) is 17.3. The zero-order valence-corrected chi connectivity index (χ0v) is 13.8. The van der Waals surface area contributed by atoms with Crippen LogP contribution in [0.5, 0.6) is 0 Å². The van der Waals surface area contributed by atoms with Gasteiger partial charge in [-0.15, -0.1) is 11.3 Å². The maximum absolute atomic E-state index is 11.4. The number of thiophene rings is 1. The summed E-state index contributed by atoms with van der Waals surface area (Å²) in [5.41, 5.74) is 0.841. The van der Waals surface area contributed by atoms with Gasteiger partial charge in [-0.1, -0.05) is 6.07 Å². The average Bonchev–Trinajstić information content (AvgIpc) is 3.20. The van der Waals surface area contributed by atoms with E-state index in [-0.39, 0.29) is 16.7 Å². The minimum atomic E-state index is -0.355. The van der Waals surface area contributed by atoms with Gasteiger partial charge in [0.2, 0.25) is 5.82 Å². The highest BCUT2D eigenvalue weighted by Crippen LogP contribution is 2.29. The fraction of sp³-hybridized carbons (Fsp3) is 0.438. The summed E-state index contributed by atoms with van der Waals surface area (Å²) in [7, 11) is 0. The number of pyridine rings is 1. The highest BCUT2D eigenvalue weighted by Gasteiger charge is 2.26. The Morgan fingerprint density at radius 1 is 1.57 bits per heavy atom. The number of nitro groups is 1. The Bertz CT molecular complexity index is 669. The minimum absolute atomic E-state index is 0.0551. The predicted octanol–water partition coefficient (Wildman–Crippen LogP) is 3.55. The van der Waals surface area contributed by atoms with Crippen molar-refractivity contribution >= 4 is 22.8 Å². The van der Waals surface area contributed by atoms with Crippen LogP contribution in [0.3, 0.4) is 0 Å². The Hall–Kier alpha value is -1.99. The van der Waals surface area contributed by atoms with Crippen molar-refractivity contribution in [3.63, 3.8) is 0 Å². The number of ether oxygens (including phenoxy) is 1. The van der Waals surface area contributed by atoms with Crippen LogP contribution in [-0.4, -0.2) is 29.2 Å². The minimum Gasteiger partial charge on any atom is -0.376 e. The molecular formula is C16H19N3O3S. The quantitative estimate of drug-likeness (QED) is 0.597. The first kappa shape index (κ1) is 15.9. The summed E-state index contributed by atoms with van der Waals surface area (Å²) in [6, 6.07) is 5.60. The Morgan fingerprint density at radius 2 is 2.43 bits per heavy atom. The van der Waals surface area contributed by atoms with Gasteiger partial charge < -0.3 is 9.64 Å². The molecule has 2 aromatic rings. The van der Waals surface area contributed by atoms with Crippen molar-refractivity contribution in [2.75, 3.05) is 18.1 Å². The van der Waals surface area contributed by atoms with Crippen LogP contribution in [0.25, 0.3) is 0 Å². The largest absolute Gasteiger partial charge is 0.376 e. The van der Waals surface area contributed by atoms with Crippen molar-refractivity contribution in [3.8, 4) is 0 Å². The molecule has 7 heteroatoms. The van der Waals surface area contributed by atoms with E-state index in [2.05, 4.69) is 4.98 Å². The van der Waals surface area contributed by atoms with Crippen LogP contribution in [-0.2, 0) is 11.3 Å². The Labute approximate surface area is 138 Å². The van der Waals surface area contributed by atoms with Gasteiger partial charge in [0.05, 0.1) is 17.6 Å². The van der Waals surface area contributed by atoms with E-state index < -0.39 is 0 Å². The topological polar surface area (TPSA) is 68.5 Å². The smallest absolute Gasteiger partial charge is 0.311 e. The van der Waals surface area contributed by atoms with E-state index in [4.69, 9.17) is 4.74 Å². The molecule has 0 aromatic carbocycles. The van der Waals surface area contributed by atoms with Gasteiger partial charge in [0.15, 0.2) is 0 Å². The van der Waals surface area contributed by atoms with E-state index in [1.807, 2.05) is 29.3 Å². The second-order valence-electron chi connectivity index (χ2n) is 5.71. The molecule has 3 rings (SSSR count). The van der Waals surface area contributed by atoms with Crippen molar-refractivity contribution < 1.29 is 9.66 Å². The summed E-state index contributed by atoms with van der Waals surface area (Å²) in [4.78, 5) is 18.6. The predicted molar refractivity (Wildman–Crippen MR) is 90.0 cm³/mol. The standard InChI is InChI=1S/C16H19N3O3S/c1-12-8-15(19(20)21)16(17-9-12)18(10-13-4-2-6-22-13)11-14-5-3-7-23-14/h3,5,7-9,13H,2,4,6,10-11H2,1H3. The molecule has 1 aliphatic rings. The number of anilines is 1. The monoisotopic (exact) mass is 333 g/mol. The Balaban J connectivity index is 1.91. The third-order valence-corrected chi connectivity index (χ3v) is 4.72. The third kappa shape index (κ3) is 3.86. The lowest BCUT2D eigenvalue weighted by atomic mass is 10.2. The van der Waals surface area contributed by atoms with Crippen molar-refractivity contribution in [2.24, 2.45) is 0 Å². The molecule has 1 fully saturated rings. The van der Waals surface area contributed by atoms with E-state index in [1.54, 1.807) is 23.6 Å². The molecule has 6 nitrogen and oxygen atoms in total. The zero-order chi connectivity index (χ0) is 16.2. The van der Waals surface area contributed by atoms with E-state index >= 15 is 0 Å². The Kier molecular flexibility index (Phi) is 4.88. The molecule has 1 unspecified atom stereocenters. The van der Waals surface area contributed by atoms with E-state index in [0.717, 1.165) is 29.9 Å². The lowest BCUT2D eigenvalue weighted by Gasteiger charge is -2.25. The van der Waals surface area contributed by atoms with Crippen molar-refractivity contribution in [2.45, 2.75) is 32.4 Å². The summed E-state index contributed by atoms with van der Waals surface area (Å²) in [6.45, 7) is 3.80. The number of aryl methyl sites for hydroxylation is 1. The first-order valence-corrected chi connectivity index (χ1v) is 8.51. The lowest BCUT2D eigenvalue weighted by Crippen LogP contribution is -2.32. The average molecular weight is 333 g/mol. The fourth-order valence-corrected chi connectivity index (χ4v) is 3.49. The second-order valence-corrected chi connectivity index (χ2v) is 6.74. The van der Waals surface area contributed by atoms with Gasteiger partial charge in [-0.3, -0.25) is 10.1 Å². The maximum Gasteiger partial charge on any atom is 0.311 e. The summed E-state index contributed by atoms with van der Waals surface area (Å²) in [5.74, 6) is 0.421. The number of hydrogen-bond acceptors (Lipinski definition) is 6. The molecule has 1 aliphatic heterocycles. The van der Waals surface area contributed by atoms with Crippen molar-refractivity contribution in [1.29, 1.82) is 0 Å². The van der Waals surface area contributed by atoms with Gasteiger partial charge in [-0.25, -0.2) is 4.98 Å².